The van der Waals surface area contributed by atoms with E-state index in [0.717, 1.165) is 16.0 Å². The van der Waals surface area contributed by atoms with Gasteiger partial charge in [0.05, 0.1) is 5.52 Å². The fraction of sp³-hybridized carbons (Fsp3) is 0.143. The molecule has 0 saturated heterocycles. The van der Waals surface area contributed by atoms with E-state index in [1.54, 1.807) is 0 Å². The quantitative estimate of drug-likeness (QED) is 0.532. The Hall–Kier alpha value is -2.47. The lowest BCUT2D eigenvalue weighted by Crippen LogP contribution is -2.83. The van der Waals surface area contributed by atoms with Gasteiger partial charge >= 0.3 is 0 Å². The second-order valence-corrected chi connectivity index (χ2v) is 7.97. The van der Waals surface area contributed by atoms with Gasteiger partial charge in [0, 0.05) is 15.5 Å². The maximum absolute atomic E-state index is 12.5. The molecule has 0 fully saturated rings. The van der Waals surface area contributed by atoms with Crippen molar-refractivity contribution in [3.05, 3.63) is 87.4 Å². The molecule has 3 N–H and O–H groups in total. The highest BCUT2D eigenvalue weighted by molar-refractivity contribution is 7.22. The minimum Gasteiger partial charge on any atom is -0.334 e. The molecule has 4 rings (SSSR count). The standard InChI is InChI=1S/C21H18ClN3OS/c1-13(14-5-3-2-4-6-14)23-12-19-24-17-11-18(27-20(17)21(26)25-19)15-7-9-16(22)10-8-15/h2-11,13,23H,12H2,1H3,(H,24,25,26)/p+1/t13-/m1/s1. The average Bonchev–Trinajstić information content (AvgIpc) is 3.12. The van der Waals surface area contributed by atoms with Crippen molar-refractivity contribution in [3.8, 4) is 10.4 Å². The summed E-state index contributed by atoms with van der Waals surface area (Å²) in [5.74, 6) is 0.690. The second-order valence-electron chi connectivity index (χ2n) is 6.48. The molecule has 136 valence electrons. The Bertz CT molecular complexity index is 1120. The third-order valence-electron chi connectivity index (χ3n) is 4.55. The fourth-order valence-corrected chi connectivity index (χ4v) is 4.15. The molecule has 2 aromatic heterocycles. The molecule has 0 bridgehead atoms. The van der Waals surface area contributed by atoms with Crippen LogP contribution >= 0.6 is 22.9 Å². The lowest BCUT2D eigenvalue weighted by atomic mass is 10.1. The molecular weight excluding hydrogens is 378 g/mol. The van der Waals surface area contributed by atoms with Gasteiger partial charge in [-0.25, -0.2) is 4.98 Å². The topological polar surface area (TPSA) is 62.4 Å². The van der Waals surface area contributed by atoms with Crippen molar-refractivity contribution in [2.45, 2.75) is 19.5 Å². The monoisotopic (exact) mass is 396 g/mol. The highest BCUT2D eigenvalue weighted by Crippen LogP contribution is 2.31. The molecule has 0 amide bonds. The summed E-state index contributed by atoms with van der Waals surface area (Å²) < 4.78 is 0.653. The lowest BCUT2D eigenvalue weighted by Gasteiger charge is -2.10. The van der Waals surface area contributed by atoms with Crippen molar-refractivity contribution in [3.63, 3.8) is 0 Å². The molecular formula is C21H19ClN3OS+. The minimum atomic E-state index is -0.0824. The summed E-state index contributed by atoms with van der Waals surface area (Å²) in [6.07, 6.45) is 0. The van der Waals surface area contributed by atoms with Crippen molar-refractivity contribution < 1.29 is 5.32 Å². The van der Waals surface area contributed by atoms with E-state index in [9.17, 15) is 4.79 Å². The van der Waals surface area contributed by atoms with Gasteiger partial charge in [-0.2, -0.15) is 0 Å². The third-order valence-corrected chi connectivity index (χ3v) is 5.97. The summed E-state index contributed by atoms with van der Waals surface area (Å²) in [6.45, 7) is 2.77. The molecule has 0 aliphatic carbocycles. The molecule has 0 aliphatic rings. The number of nitrogens with two attached hydrogens (primary N) is 1. The number of H-pyrrole nitrogens is 1. The molecule has 2 heterocycles. The highest BCUT2D eigenvalue weighted by Gasteiger charge is 2.13. The van der Waals surface area contributed by atoms with Crippen LogP contribution in [0.4, 0.5) is 0 Å². The fourth-order valence-electron chi connectivity index (χ4n) is 3.02. The molecule has 0 radical (unpaired) electrons. The number of nitrogens with one attached hydrogen (secondary N) is 1. The van der Waals surface area contributed by atoms with Gasteiger partial charge in [-0.15, -0.1) is 11.3 Å². The number of aromatic amines is 1. The van der Waals surface area contributed by atoms with Crippen LogP contribution in [0.25, 0.3) is 20.7 Å². The number of fused-ring (bicyclic) bond motifs is 1. The molecule has 4 nitrogen and oxygen atoms in total. The van der Waals surface area contributed by atoms with Crippen LogP contribution < -0.4 is 10.9 Å². The van der Waals surface area contributed by atoms with E-state index < -0.39 is 0 Å². The van der Waals surface area contributed by atoms with Gasteiger partial charge in [0.1, 0.15) is 17.3 Å². The van der Waals surface area contributed by atoms with Gasteiger partial charge in [-0.3, -0.25) is 4.79 Å². The Morgan fingerprint density at radius 2 is 1.89 bits per heavy atom. The van der Waals surface area contributed by atoms with Crippen molar-refractivity contribution in [1.29, 1.82) is 0 Å². The second kappa shape index (κ2) is 7.64. The predicted octanol–water partition coefficient (Wildman–Crippen LogP) is 4.13. The first-order valence-electron chi connectivity index (χ1n) is 8.77. The van der Waals surface area contributed by atoms with E-state index in [2.05, 4.69) is 34.3 Å². The van der Waals surface area contributed by atoms with E-state index in [4.69, 9.17) is 11.6 Å². The predicted molar refractivity (Wildman–Crippen MR) is 111 cm³/mol. The molecule has 0 saturated carbocycles. The Morgan fingerprint density at radius 1 is 1.15 bits per heavy atom. The number of thiophene rings is 1. The van der Waals surface area contributed by atoms with Gasteiger partial charge in [0.2, 0.25) is 0 Å². The van der Waals surface area contributed by atoms with E-state index in [1.807, 2.05) is 48.5 Å². The smallest absolute Gasteiger partial charge is 0.269 e. The van der Waals surface area contributed by atoms with E-state index >= 15 is 0 Å². The average molecular weight is 397 g/mol. The first-order valence-corrected chi connectivity index (χ1v) is 9.96. The van der Waals surface area contributed by atoms with E-state index in [1.165, 1.54) is 16.9 Å². The molecule has 27 heavy (non-hydrogen) atoms. The number of halogens is 1. The first-order chi connectivity index (χ1) is 13.1. The summed E-state index contributed by atoms with van der Waals surface area (Å²) in [5.41, 5.74) is 2.94. The number of hydrogen-bond donors (Lipinski definition) is 2. The molecule has 0 aliphatic heterocycles. The van der Waals surface area contributed by atoms with E-state index in [-0.39, 0.29) is 5.56 Å². The van der Waals surface area contributed by atoms with Gasteiger partial charge in [0.25, 0.3) is 5.56 Å². The van der Waals surface area contributed by atoms with Crippen LogP contribution in [0.2, 0.25) is 5.02 Å². The summed E-state index contributed by atoms with van der Waals surface area (Å²) in [4.78, 5) is 21.1. The van der Waals surface area contributed by atoms with Gasteiger partial charge in [0.15, 0.2) is 5.82 Å². The number of quaternary nitrogens is 1. The van der Waals surface area contributed by atoms with Crippen LogP contribution in [0.1, 0.15) is 24.4 Å². The van der Waals surface area contributed by atoms with Crippen molar-refractivity contribution in [2.24, 2.45) is 0 Å². The molecule has 2 aromatic carbocycles. The third kappa shape index (κ3) is 3.95. The van der Waals surface area contributed by atoms with Crippen LogP contribution in [0.5, 0.6) is 0 Å². The summed E-state index contributed by atoms with van der Waals surface area (Å²) in [7, 11) is 0. The molecule has 6 heteroatoms. The Kier molecular flexibility index (Phi) is 5.07. The van der Waals surface area contributed by atoms with E-state index in [0.29, 0.717) is 28.1 Å². The normalized spacial score (nSPS) is 12.4. The molecule has 4 aromatic rings. The van der Waals surface area contributed by atoms with Crippen molar-refractivity contribution >= 4 is 33.2 Å². The maximum atomic E-state index is 12.5. The van der Waals surface area contributed by atoms with Crippen LogP contribution in [0, 0.1) is 0 Å². The summed E-state index contributed by atoms with van der Waals surface area (Å²) >= 11 is 7.41. The maximum Gasteiger partial charge on any atom is 0.269 e. The van der Waals surface area contributed by atoms with Crippen molar-refractivity contribution in [2.75, 3.05) is 0 Å². The minimum absolute atomic E-state index is 0.0824. The number of benzene rings is 2. The molecule has 0 spiro atoms. The number of nitrogens with zero attached hydrogens (tertiary/aromatic N) is 1. The number of hydrogen-bond acceptors (Lipinski definition) is 3. The number of rotatable bonds is 5. The van der Waals surface area contributed by atoms with Crippen LogP contribution in [0.15, 0.2) is 65.5 Å². The Balaban J connectivity index is 1.58. The van der Waals surface area contributed by atoms with Crippen LogP contribution in [0.3, 0.4) is 0 Å². The SMILES string of the molecule is C[C@@H]([NH2+]Cc1nc2cc(-c3ccc(Cl)cc3)sc2c(=O)[nH]1)c1ccccc1. The Morgan fingerprint density at radius 3 is 2.63 bits per heavy atom. The zero-order valence-corrected chi connectivity index (χ0v) is 16.3. The number of aromatic nitrogens is 2. The van der Waals surface area contributed by atoms with Crippen molar-refractivity contribution in [1.82, 2.24) is 9.97 Å². The van der Waals surface area contributed by atoms with Gasteiger partial charge in [-0.05, 0) is 30.7 Å². The summed E-state index contributed by atoms with van der Waals surface area (Å²) in [5, 5.41) is 2.87. The zero-order valence-electron chi connectivity index (χ0n) is 14.8. The van der Waals surface area contributed by atoms with Gasteiger partial charge < -0.3 is 10.3 Å². The molecule has 1 atom stereocenters. The highest BCUT2D eigenvalue weighted by atomic mass is 35.5. The van der Waals surface area contributed by atoms with Gasteiger partial charge in [-0.1, -0.05) is 54.1 Å². The molecule has 0 unspecified atom stereocenters. The lowest BCUT2D eigenvalue weighted by molar-refractivity contribution is -0.708. The first kappa shape index (κ1) is 17.9. The van der Waals surface area contributed by atoms with Crippen LogP contribution in [-0.4, -0.2) is 9.97 Å². The summed E-state index contributed by atoms with van der Waals surface area (Å²) in [6, 6.07) is 20.2. The zero-order chi connectivity index (χ0) is 18.8. The Labute approximate surface area is 165 Å². The largest absolute Gasteiger partial charge is 0.334 e. The van der Waals surface area contributed by atoms with Crippen LogP contribution in [-0.2, 0) is 6.54 Å².